The van der Waals surface area contributed by atoms with Crippen LogP contribution in [0.1, 0.15) is 0 Å². The Morgan fingerprint density at radius 1 is 1.18 bits per heavy atom. The quantitative estimate of drug-likeness (QED) is 0.614. The molecule has 0 saturated heterocycles. The van der Waals surface area contributed by atoms with Gasteiger partial charge < -0.3 is 0 Å². The van der Waals surface area contributed by atoms with E-state index in [1.54, 1.807) is 18.2 Å². The van der Waals surface area contributed by atoms with Crippen LogP contribution in [0.25, 0.3) is 0 Å². The van der Waals surface area contributed by atoms with Crippen molar-refractivity contribution in [3.05, 3.63) is 23.3 Å². The third-order valence-electron chi connectivity index (χ3n) is 1.12. The highest BCUT2D eigenvalue weighted by atomic mass is 79.9. The smallest absolute Gasteiger partial charge is 0.0901 e. The average Bonchev–Trinajstić information content (AvgIpc) is 2.04. The first kappa shape index (κ1) is 9.16. The van der Waals surface area contributed by atoms with Gasteiger partial charge in [-0.05, 0) is 18.2 Å². The number of nitrogens with zero attached hydrogens (tertiary/aromatic N) is 2. The molecule has 0 fully saturated rings. The monoisotopic (exact) mass is 296 g/mol. The molecule has 0 radical (unpaired) electrons. The number of hydrogen-bond donors (Lipinski definition) is 0. The van der Waals surface area contributed by atoms with Crippen molar-refractivity contribution in [2.24, 2.45) is 8.04 Å². The Morgan fingerprint density at radius 2 is 1.91 bits per heavy atom. The van der Waals surface area contributed by atoms with Gasteiger partial charge in [0.25, 0.3) is 0 Å². The predicted octanol–water partition coefficient (Wildman–Crippen LogP) is 3.18. The molecule has 1 aliphatic carbocycles. The molecule has 0 spiro atoms. The van der Waals surface area contributed by atoms with E-state index in [0.29, 0.717) is 10.7 Å². The molecular formula is C6H3Br2ClN2. The van der Waals surface area contributed by atoms with E-state index < -0.39 is 0 Å². The highest BCUT2D eigenvalue weighted by Crippen LogP contribution is 2.13. The molecule has 2 nitrogen and oxygen atoms in total. The van der Waals surface area contributed by atoms with Gasteiger partial charge in [-0.25, -0.2) is 8.04 Å². The zero-order valence-electron chi connectivity index (χ0n) is 5.26. The van der Waals surface area contributed by atoms with Gasteiger partial charge in [-0.2, -0.15) is 0 Å². The predicted molar refractivity (Wildman–Crippen MR) is 55.8 cm³/mol. The molecule has 1 rings (SSSR count). The maximum atomic E-state index is 5.80. The molecule has 0 aliphatic heterocycles. The lowest BCUT2D eigenvalue weighted by molar-refractivity contribution is 1.81. The van der Waals surface area contributed by atoms with E-state index in [9.17, 15) is 0 Å². The second-order valence-corrected chi connectivity index (χ2v) is 2.92. The van der Waals surface area contributed by atoms with Crippen molar-refractivity contribution >= 4 is 55.3 Å². The van der Waals surface area contributed by atoms with Gasteiger partial charge in [0, 0.05) is 0 Å². The molecule has 0 N–H and O–H groups in total. The lowest BCUT2D eigenvalue weighted by Crippen LogP contribution is -2.02. The van der Waals surface area contributed by atoms with Crippen LogP contribution in [0.4, 0.5) is 0 Å². The first-order valence-corrected chi connectivity index (χ1v) is 4.51. The first-order valence-electron chi connectivity index (χ1n) is 2.71. The van der Waals surface area contributed by atoms with E-state index in [-0.39, 0.29) is 0 Å². The van der Waals surface area contributed by atoms with E-state index in [1.807, 2.05) is 0 Å². The third kappa shape index (κ3) is 2.25. The summed E-state index contributed by atoms with van der Waals surface area (Å²) in [7, 11) is 0. The van der Waals surface area contributed by atoms with Crippen molar-refractivity contribution in [2.45, 2.75) is 0 Å². The van der Waals surface area contributed by atoms with E-state index >= 15 is 0 Å². The largest absolute Gasteiger partial charge is 0.207 e. The van der Waals surface area contributed by atoms with E-state index in [4.69, 9.17) is 11.6 Å². The summed E-state index contributed by atoms with van der Waals surface area (Å²) >= 11 is 11.7. The van der Waals surface area contributed by atoms with Crippen molar-refractivity contribution in [2.75, 3.05) is 0 Å². The normalized spacial score (nSPS) is 24.5. The maximum Gasteiger partial charge on any atom is 0.0901 e. The molecule has 1 aliphatic rings. The molecule has 0 unspecified atom stereocenters. The van der Waals surface area contributed by atoms with Gasteiger partial charge in [-0.15, -0.1) is 0 Å². The highest BCUT2D eigenvalue weighted by Gasteiger charge is 2.06. The molecule has 0 heterocycles. The molecule has 0 atom stereocenters. The van der Waals surface area contributed by atoms with Gasteiger partial charge in [0.2, 0.25) is 0 Å². The Bertz CT molecular complexity index is 278. The summed E-state index contributed by atoms with van der Waals surface area (Å²) in [5, 5.41) is 0.572. The fraction of sp³-hybridized carbons (Fsp3) is 0. The summed E-state index contributed by atoms with van der Waals surface area (Å²) in [6, 6.07) is 0. The van der Waals surface area contributed by atoms with Crippen LogP contribution in [-0.2, 0) is 0 Å². The average molecular weight is 298 g/mol. The van der Waals surface area contributed by atoms with Gasteiger partial charge in [0.05, 0.1) is 48.8 Å². The second-order valence-electron chi connectivity index (χ2n) is 1.80. The van der Waals surface area contributed by atoms with Crippen LogP contribution in [0.5, 0.6) is 0 Å². The minimum atomic E-state index is 0.572. The molecule has 0 saturated carbocycles. The molecule has 5 heteroatoms. The molecule has 0 bridgehead atoms. The Kier molecular flexibility index (Phi) is 3.48. The molecular weight excluding hydrogens is 295 g/mol. The molecule has 0 amide bonds. The van der Waals surface area contributed by atoms with E-state index in [0.717, 1.165) is 5.71 Å². The summed E-state index contributed by atoms with van der Waals surface area (Å²) in [6.45, 7) is 0. The Labute approximate surface area is 86.4 Å². The Morgan fingerprint density at radius 3 is 2.36 bits per heavy atom. The van der Waals surface area contributed by atoms with Crippen LogP contribution in [0.3, 0.4) is 0 Å². The van der Waals surface area contributed by atoms with Crippen LogP contribution in [0.2, 0.25) is 0 Å². The van der Waals surface area contributed by atoms with Crippen LogP contribution < -0.4 is 0 Å². The first-order chi connectivity index (χ1) is 5.27. The summed E-state index contributed by atoms with van der Waals surface area (Å²) in [6.07, 6.45) is 5.30. The van der Waals surface area contributed by atoms with Gasteiger partial charge in [-0.3, -0.25) is 0 Å². The van der Waals surface area contributed by atoms with Gasteiger partial charge in [0.15, 0.2) is 0 Å². The van der Waals surface area contributed by atoms with Crippen LogP contribution in [0, 0.1) is 0 Å². The minimum Gasteiger partial charge on any atom is -0.207 e. The zero-order valence-corrected chi connectivity index (χ0v) is 9.19. The van der Waals surface area contributed by atoms with Crippen LogP contribution >= 0.6 is 43.9 Å². The fourth-order valence-electron chi connectivity index (χ4n) is 0.617. The SMILES string of the molecule is ClC1=CC(=N/Br)/C=CC/1=N/Br. The molecule has 0 aromatic rings. The molecule has 11 heavy (non-hydrogen) atoms. The Balaban J connectivity index is 2.97. The third-order valence-corrected chi connectivity index (χ3v) is 2.21. The van der Waals surface area contributed by atoms with Crippen molar-refractivity contribution in [1.29, 1.82) is 0 Å². The van der Waals surface area contributed by atoms with Crippen molar-refractivity contribution in [3.63, 3.8) is 0 Å². The van der Waals surface area contributed by atoms with E-state index in [1.165, 1.54) is 0 Å². The zero-order chi connectivity index (χ0) is 8.27. The van der Waals surface area contributed by atoms with Crippen molar-refractivity contribution < 1.29 is 0 Å². The minimum absolute atomic E-state index is 0.572. The highest BCUT2D eigenvalue weighted by molar-refractivity contribution is 9.08. The number of rotatable bonds is 0. The number of halogens is 3. The lowest BCUT2D eigenvalue weighted by atomic mass is 10.1. The van der Waals surface area contributed by atoms with Gasteiger partial charge in [0.1, 0.15) is 0 Å². The molecule has 0 aromatic heterocycles. The van der Waals surface area contributed by atoms with Crippen molar-refractivity contribution in [1.82, 2.24) is 0 Å². The number of allylic oxidation sites excluding steroid dienone is 4. The number of hydrogen-bond acceptors (Lipinski definition) is 2. The van der Waals surface area contributed by atoms with Gasteiger partial charge in [-0.1, -0.05) is 11.6 Å². The molecule has 58 valence electrons. The maximum absolute atomic E-state index is 5.80. The van der Waals surface area contributed by atoms with E-state index in [2.05, 4.69) is 40.3 Å². The Hall–Kier alpha value is 0.0700. The van der Waals surface area contributed by atoms with Gasteiger partial charge >= 0.3 is 0 Å². The van der Waals surface area contributed by atoms with Crippen molar-refractivity contribution in [3.8, 4) is 0 Å². The molecule has 0 aromatic carbocycles. The summed E-state index contributed by atoms with van der Waals surface area (Å²) < 4.78 is 7.55. The summed E-state index contributed by atoms with van der Waals surface area (Å²) in [5.74, 6) is 0. The fourth-order valence-corrected chi connectivity index (χ4v) is 1.47. The second kappa shape index (κ2) is 4.18. The van der Waals surface area contributed by atoms with Crippen LogP contribution in [0.15, 0.2) is 31.3 Å². The topological polar surface area (TPSA) is 24.7 Å². The lowest BCUT2D eigenvalue weighted by Gasteiger charge is -2.02. The summed E-state index contributed by atoms with van der Waals surface area (Å²) in [5.41, 5.74) is 1.47. The standard InChI is InChI=1S/C6H3Br2ClN2/c7-10-4-1-2-6(11-8)5(9)3-4/h1-3H/b10-4+,11-6-. The summed E-state index contributed by atoms with van der Waals surface area (Å²) in [4.78, 5) is 0. The van der Waals surface area contributed by atoms with Crippen LogP contribution in [-0.4, -0.2) is 11.4 Å².